The summed E-state index contributed by atoms with van der Waals surface area (Å²) in [6, 6.07) is 10.3. The zero-order valence-electron chi connectivity index (χ0n) is 13.7. The van der Waals surface area contributed by atoms with Gasteiger partial charge in [-0.2, -0.15) is 0 Å². The van der Waals surface area contributed by atoms with Gasteiger partial charge in [0.05, 0.1) is 5.69 Å². The van der Waals surface area contributed by atoms with Crippen molar-refractivity contribution in [2.24, 2.45) is 5.16 Å². The largest absolute Gasteiger partial charge is 0.385 e. The molecule has 1 saturated carbocycles. The minimum absolute atomic E-state index is 0.0521. The monoisotopic (exact) mass is 343 g/mol. The van der Waals surface area contributed by atoms with Crippen molar-refractivity contribution in [2.75, 3.05) is 6.61 Å². The van der Waals surface area contributed by atoms with Crippen molar-refractivity contribution < 1.29 is 9.63 Å². The van der Waals surface area contributed by atoms with Gasteiger partial charge in [0.1, 0.15) is 10.7 Å². The Morgan fingerprint density at radius 1 is 1.33 bits per heavy atom. The van der Waals surface area contributed by atoms with Crippen LogP contribution in [0.15, 0.2) is 40.9 Å². The van der Waals surface area contributed by atoms with Gasteiger partial charge < -0.3 is 10.2 Å². The summed E-state index contributed by atoms with van der Waals surface area (Å²) in [5, 5.41) is 9.88. The molecule has 0 unspecified atom stereocenters. The number of nitrogens with one attached hydrogen (secondary N) is 1. The van der Waals surface area contributed by atoms with Crippen molar-refractivity contribution in [1.82, 2.24) is 10.3 Å². The Kier molecular flexibility index (Phi) is 5.59. The van der Waals surface area contributed by atoms with Crippen LogP contribution in [-0.4, -0.2) is 29.3 Å². The summed E-state index contributed by atoms with van der Waals surface area (Å²) < 4.78 is 0. The first-order chi connectivity index (χ1) is 11.7. The SMILES string of the molecule is C/C(=N\OCC(=O)NC1CCCC1)c1csc(-c2ccccc2)n1. The van der Waals surface area contributed by atoms with Gasteiger partial charge >= 0.3 is 0 Å². The Labute approximate surface area is 145 Å². The Morgan fingerprint density at radius 3 is 2.83 bits per heavy atom. The number of hydrogen-bond donors (Lipinski definition) is 1. The fourth-order valence-electron chi connectivity index (χ4n) is 2.73. The molecule has 1 N–H and O–H groups in total. The normalized spacial score (nSPS) is 15.5. The fourth-order valence-corrected chi connectivity index (χ4v) is 3.60. The smallest absolute Gasteiger partial charge is 0.260 e. The number of rotatable bonds is 6. The lowest BCUT2D eigenvalue weighted by atomic mass is 10.2. The third-order valence-electron chi connectivity index (χ3n) is 4.01. The van der Waals surface area contributed by atoms with Gasteiger partial charge in [0.25, 0.3) is 5.91 Å². The van der Waals surface area contributed by atoms with Crippen LogP contribution >= 0.6 is 11.3 Å². The van der Waals surface area contributed by atoms with E-state index >= 15 is 0 Å². The number of oxime groups is 1. The zero-order chi connectivity index (χ0) is 16.8. The summed E-state index contributed by atoms with van der Waals surface area (Å²) in [6.45, 7) is 1.78. The maximum atomic E-state index is 11.8. The molecular formula is C18H21N3O2S. The van der Waals surface area contributed by atoms with Crippen molar-refractivity contribution in [3.63, 3.8) is 0 Å². The van der Waals surface area contributed by atoms with Gasteiger partial charge in [0, 0.05) is 17.0 Å². The van der Waals surface area contributed by atoms with Crippen LogP contribution in [0.4, 0.5) is 0 Å². The van der Waals surface area contributed by atoms with Gasteiger partial charge in [0.2, 0.25) is 0 Å². The highest BCUT2D eigenvalue weighted by atomic mass is 32.1. The van der Waals surface area contributed by atoms with Crippen molar-refractivity contribution in [1.29, 1.82) is 0 Å². The molecule has 0 atom stereocenters. The van der Waals surface area contributed by atoms with Crippen molar-refractivity contribution >= 4 is 23.0 Å². The molecule has 5 nitrogen and oxygen atoms in total. The summed E-state index contributed by atoms with van der Waals surface area (Å²) in [5.74, 6) is -0.110. The van der Waals surface area contributed by atoms with Crippen LogP contribution in [0.3, 0.4) is 0 Å². The summed E-state index contributed by atoms with van der Waals surface area (Å²) in [7, 11) is 0. The Bertz CT molecular complexity index is 706. The average Bonchev–Trinajstić information content (AvgIpc) is 3.27. The lowest BCUT2D eigenvalue weighted by Crippen LogP contribution is -2.35. The molecule has 1 amide bonds. The van der Waals surface area contributed by atoms with E-state index in [1.165, 1.54) is 12.8 Å². The van der Waals surface area contributed by atoms with Crippen LogP contribution in [0.2, 0.25) is 0 Å². The van der Waals surface area contributed by atoms with Gasteiger partial charge in [0.15, 0.2) is 6.61 Å². The van der Waals surface area contributed by atoms with E-state index in [1.807, 2.05) is 42.6 Å². The molecule has 6 heteroatoms. The average molecular weight is 343 g/mol. The first kappa shape index (κ1) is 16.6. The maximum absolute atomic E-state index is 11.8. The number of hydrogen-bond acceptors (Lipinski definition) is 5. The highest BCUT2D eigenvalue weighted by Gasteiger charge is 2.17. The highest BCUT2D eigenvalue weighted by molar-refractivity contribution is 7.13. The van der Waals surface area contributed by atoms with Crippen LogP contribution in [0.1, 0.15) is 38.3 Å². The topological polar surface area (TPSA) is 63.6 Å². The quantitative estimate of drug-likeness (QED) is 0.644. The molecule has 24 heavy (non-hydrogen) atoms. The van der Waals surface area contributed by atoms with Gasteiger partial charge in [-0.15, -0.1) is 11.3 Å². The number of nitrogens with zero attached hydrogens (tertiary/aromatic N) is 2. The van der Waals surface area contributed by atoms with E-state index in [0.29, 0.717) is 11.8 Å². The molecule has 2 aromatic rings. The Balaban J connectivity index is 1.52. The Hall–Kier alpha value is -2.21. The molecule has 0 spiro atoms. The molecule has 0 bridgehead atoms. The minimum Gasteiger partial charge on any atom is -0.385 e. The number of aromatic nitrogens is 1. The van der Waals surface area contributed by atoms with E-state index in [-0.39, 0.29) is 12.5 Å². The second-order valence-electron chi connectivity index (χ2n) is 5.90. The van der Waals surface area contributed by atoms with Crippen molar-refractivity contribution in [2.45, 2.75) is 38.6 Å². The molecule has 1 aromatic carbocycles. The molecule has 0 radical (unpaired) electrons. The number of amides is 1. The third kappa shape index (κ3) is 4.41. The lowest BCUT2D eigenvalue weighted by Gasteiger charge is -2.10. The van der Waals surface area contributed by atoms with Crippen LogP contribution in [0, 0.1) is 0 Å². The zero-order valence-corrected chi connectivity index (χ0v) is 14.5. The molecule has 3 rings (SSSR count). The molecule has 1 aromatic heterocycles. The number of carbonyl (C=O) groups excluding carboxylic acids is 1. The summed E-state index contributed by atoms with van der Waals surface area (Å²) >= 11 is 1.57. The Morgan fingerprint density at radius 2 is 2.08 bits per heavy atom. The fraction of sp³-hybridized carbons (Fsp3) is 0.389. The summed E-state index contributed by atoms with van der Waals surface area (Å²) in [6.07, 6.45) is 4.51. The third-order valence-corrected chi connectivity index (χ3v) is 4.90. The van der Waals surface area contributed by atoms with Gasteiger partial charge in [-0.05, 0) is 19.8 Å². The van der Waals surface area contributed by atoms with Crippen LogP contribution in [-0.2, 0) is 9.63 Å². The molecule has 1 aliphatic carbocycles. The van der Waals surface area contributed by atoms with E-state index in [0.717, 1.165) is 29.1 Å². The van der Waals surface area contributed by atoms with Crippen molar-refractivity contribution in [3.8, 4) is 10.6 Å². The number of benzene rings is 1. The molecule has 0 aliphatic heterocycles. The lowest BCUT2D eigenvalue weighted by molar-refractivity contribution is -0.126. The standard InChI is InChI=1S/C18H21N3O2S/c1-13(21-23-11-17(22)19-15-9-5-6-10-15)16-12-24-18(20-16)14-7-3-2-4-8-14/h2-4,7-8,12,15H,5-6,9-11H2,1H3,(H,19,22)/b21-13+. The van der Waals surface area contributed by atoms with Crippen molar-refractivity contribution in [3.05, 3.63) is 41.4 Å². The molecular weight excluding hydrogens is 322 g/mol. The van der Waals surface area contributed by atoms with Gasteiger partial charge in [-0.25, -0.2) is 4.98 Å². The van der Waals surface area contributed by atoms with Crippen LogP contribution in [0.25, 0.3) is 10.6 Å². The molecule has 126 valence electrons. The molecule has 1 fully saturated rings. The maximum Gasteiger partial charge on any atom is 0.260 e. The highest BCUT2D eigenvalue weighted by Crippen LogP contribution is 2.23. The predicted molar refractivity (Wildman–Crippen MR) is 96.1 cm³/mol. The summed E-state index contributed by atoms with van der Waals surface area (Å²) in [4.78, 5) is 21.5. The number of carbonyl (C=O) groups is 1. The van der Waals surface area contributed by atoms with Gasteiger partial charge in [-0.3, -0.25) is 4.79 Å². The molecule has 1 aliphatic rings. The minimum atomic E-state index is -0.110. The van der Waals surface area contributed by atoms with E-state index in [2.05, 4.69) is 15.5 Å². The second kappa shape index (κ2) is 8.06. The predicted octanol–water partition coefficient (Wildman–Crippen LogP) is 3.61. The van der Waals surface area contributed by atoms with E-state index in [4.69, 9.17) is 4.84 Å². The first-order valence-electron chi connectivity index (χ1n) is 8.19. The molecule has 1 heterocycles. The van der Waals surface area contributed by atoms with E-state index in [9.17, 15) is 4.79 Å². The summed E-state index contributed by atoms with van der Waals surface area (Å²) in [5.41, 5.74) is 2.52. The first-order valence-corrected chi connectivity index (χ1v) is 9.07. The van der Waals surface area contributed by atoms with Crippen LogP contribution < -0.4 is 5.32 Å². The number of thiazole rings is 1. The molecule has 0 saturated heterocycles. The second-order valence-corrected chi connectivity index (χ2v) is 6.76. The van der Waals surface area contributed by atoms with E-state index in [1.54, 1.807) is 11.3 Å². The van der Waals surface area contributed by atoms with Crippen LogP contribution in [0.5, 0.6) is 0 Å². The van der Waals surface area contributed by atoms with E-state index < -0.39 is 0 Å². The van der Waals surface area contributed by atoms with Gasteiger partial charge in [-0.1, -0.05) is 48.3 Å².